The van der Waals surface area contributed by atoms with Crippen molar-refractivity contribution in [3.63, 3.8) is 0 Å². The highest BCUT2D eigenvalue weighted by molar-refractivity contribution is 5.87. The van der Waals surface area contributed by atoms with Crippen LogP contribution in [0.15, 0.2) is 24.3 Å². The van der Waals surface area contributed by atoms with E-state index in [1.165, 1.54) is 22.2 Å². The van der Waals surface area contributed by atoms with Crippen molar-refractivity contribution in [2.45, 2.75) is 38.1 Å². The van der Waals surface area contributed by atoms with Crippen LogP contribution in [0.3, 0.4) is 0 Å². The van der Waals surface area contributed by atoms with Crippen molar-refractivity contribution >= 4 is 10.9 Å². The fraction of sp³-hybridized carbons (Fsp3) is 0.467. The number of aromatic nitrogens is 1. The molecule has 0 aliphatic heterocycles. The summed E-state index contributed by atoms with van der Waals surface area (Å²) in [4.78, 5) is 0. The summed E-state index contributed by atoms with van der Waals surface area (Å²) in [6, 6.07) is 8.93. The van der Waals surface area contributed by atoms with E-state index in [-0.39, 0.29) is 11.5 Å². The molecular weight excluding hydrogens is 208 g/mol. The van der Waals surface area contributed by atoms with Gasteiger partial charge in [0.2, 0.25) is 0 Å². The lowest BCUT2D eigenvalue weighted by atomic mass is 9.71. The third-order valence-electron chi connectivity index (χ3n) is 4.49. The van der Waals surface area contributed by atoms with Crippen LogP contribution in [0.2, 0.25) is 0 Å². The van der Waals surface area contributed by atoms with Gasteiger partial charge >= 0.3 is 0 Å². The Hall–Kier alpha value is -1.28. The molecule has 17 heavy (non-hydrogen) atoms. The molecule has 0 amide bonds. The Labute approximate surface area is 102 Å². The molecule has 1 aliphatic rings. The lowest BCUT2D eigenvalue weighted by Gasteiger charge is -2.37. The molecule has 1 aliphatic carbocycles. The van der Waals surface area contributed by atoms with Crippen molar-refractivity contribution in [3.8, 4) is 0 Å². The molecular formula is C15H20N2. The Morgan fingerprint density at radius 1 is 1.29 bits per heavy atom. The third-order valence-corrected chi connectivity index (χ3v) is 4.49. The topological polar surface area (TPSA) is 30.9 Å². The summed E-state index contributed by atoms with van der Waals surface area (Å²) in [6.07, 6.45) is 2.19. The average molecular weight is 228 g/mol. The molecule has 0 radical (unpaired) electrons. The first-order chi connectivity index (χ1) is 8.03. The summed E-state index contributed by atoms with van der Waals surface area (Å²) < 4.78 is 2.35. The molecule has 0 bridgehead atoms. The van der Waals surface area contributed by atoms with Crippen LogP contribution in [0.5, 0.6) is 0 Å². The van der Waals surface area contributed by atoms with Crippen molar-refractivity contribution in [2.75, 3.05) is 0 Å². The number of hydrogen-bond acceptors (Lipinski definition) is 1. The van der Waals surface area contributed by atoms with E-state index < -0.39 is 0 Å². The monoisotopic (exact) mass is 228 g/mol. The SMILES string of the molecule is Cn1c2c(c3ccccc31)C(C)(C)C(N)CC2. The molecule has 2 aromatic rings. The second-order valence-corrected chi connectivity index (χ2v) is 5.76. The molecule has 1 heterocycles. The van der Waals surface area contributed by atoms with Gasteiger partial charge in [0.05, 0.1) is 0 Å². The van der Waals surface area contributed by atoms with Gasteiger partial charge in [-0.1, -0.05) is 32.0 Å². The number of benzene rings is 1. The van der Waals surface area contributed by atoms with E-state index in [2.05, 4.69) is 49.7 Å². The molecule has 1 aromatic carbocycles. The standard InChI is InChI=1S/C15H20N2/c1-15(2)13(16)9-8-12-14(15)10-6-4-5-7-11(10)17(12)3/h4-7,13H,8-9,16H2,1-3H3. The van der Waals surface area contributed by atoms with Crippen LogP contribution in [0, 0.1) is 0 Å². The van der Waals surface area contributed by atoms with E-state index in [1.807, 2.05) is 0 Å². The van der Waals surface area contributed by atoms with Gasteiger partial charge in [-0.05, 0) is 24.5 Å². The number of hydrogen-bond donors (Lipinski definition) is 1. The van der Waals surface area contributed by atoms with Gasteiger partial charge in [-0.15, -0.1) is 0 Å². The van der Waals surface area contributed by atoms with Crippen molar-refractivity contribution in [2.24, 2.45) is 12.8 Å². The Kier molecular flexibility index (Phi) is 2.14. The van der Waals surface area contributed by atoms with Crippen LogP contribution in [0.25, 0.3) is 10.9 Å². The maximum absolute atomic E-state index is 6.32. The van der Waals surface area contributed by atoms with E-state index in [9.17, 15) is 0 Å². The van der Waals surface area contributed by atoms with Gasteiger partial charge in [0.25, 0.3) is 0 Å². The first kappa shape index (κ1) is 10.8. The number of fused-ring (bicyclic) bond motifs is 3. The van der Waals surface area contributed by atoms with Crippen molar-refractivity contribution in [1.29, 1.82) is 0 Å². The predicted molar refractivity (Wildman–Crippen MR) is 72.2 cm³/mol. The molecule has 2 N–H and O–H groups in total. The van der Waals surface area contributed by atoms with Crippen LogP contribution in [0.4, 0.5) is 0 Å². The van der Waals surface area contributed by atoms with Gasteiger partial charge in [-0.25, -0.2) is 0 Å². The van der Waals surface area contributed by atoms with Gasteiger partial charge in [0, 0.05) is 35.1 Å². The second-order valence-electron chi connectivity index (χ2n) is 5.76. The largest absolute Gasteiger partial charge is 0.347 e. The van der Waals surface area contributed by atoms with E-state index in [1.54, 1.807) is 0 Å². The Bertz CT molecular complexity index is 578. The first-order valence-corrected chi connectivity index (χ1v) is 6.36. The minimum Gasteiger partial charge on any atom is -0.347 e. The van der Waals surface area contributed by atoms with Gasteiger partial charge in [0.1, 0.15) is 0 Å². The van der Waals surface area contributed by atoms with E-state index >= 15 is 0 Å². The number of nitrogens with two attached hydrogens (primary N) is 1. The lowest BCUT2D eigenvalue weighted by Crippen LogP contribution is -2.44. The van der Waals surface area contributed by atoms with E-state index in [0.29, 0.717) is 0 Å². The fourth-order valence-corrected chi connectivity index (χ4v) is 3.30. The molecule has 2 nitrogen and oxygen atoms in total. The van der Waals surface area contributed by atoms with Gasteiger partial charge in [0.15, 0.2) is 0 Å². The van der Waals surface area contributed by atoms with Crippen molar-refractivity contribution in [3.05, 3.63) is 35.5 Å². The zero-order valence-electron chi connectivity index (χ0n) is 10.8. The summed E-state index contributed by atoms with van der Waals surface area (Å²) in [5.74, 6) is 0. The zero-order valence-corrected chi connectivity index (χ0v) is 10.8. The molecule has 0 saturated carbocycles. The molecule has 0 saturated heterocycles. The molecule has 3 rings (SSSR count). The Morgan fingerprint density at radius 2 is 2.00 bits per heavy atom. The van der Waals surface area contributed by atoms with Crippen molar-refractivity contribution in [1.82, 2.24) is 4.57 Å². The second kappa shape index (κ2) is 3.36. The molecule has 0 spiro atoms. The summed E-state index contributed by atoms with van der Waals surface area (Å²) in [7, 11) is 2.17. The highest BCUT2D eigenvalue weighted by Gasteiger charge is 2.37. The summed E-state index contributed by atoms with van der Waals surface area (Å²) in [6.45, 7) is 4.56. The average Bonchev–Trinajstić information content (AvgIpc) is 2.60. The van der Waals surface area contributed by atoms with E-state index in [0.717, 1.165) is 12.8 Å². The van der Waals surface area contributed by atoms with Gasteiger partial charge in [-0.3, -0.25) is 0 Å². The highest BCUT2D eigenvalue weighted by atomic mass is 15.0. The predicted octanol–water partition coefficient (Wildman–Crippen LogP) is 2.73. The number of para-hydroxylation sites is 1. The third kappa shape index (κ3) is 1.31. The fourth-order valence-electron chi connectivity index (χ4n) is 3.30. The first-order valence-electron chi connectivity index (χ1n) is 6.36. The molecule has 90 valence electrons. The lowest BCUT2D eigenvalue weighted by molar-refractivity contribution is 0.362. The molecule has 1 aromatic heterocycles. The number of nitrogens with zero attached hydrogens (tertiary/aromatic N) is 1. The number of rotatable bonds is 0. The highest BCUT2D eigenvalue weighted by Crippen LogP contribution is 2.41. The van der Waals surface area contributed by atoms with Crippen LogP contribution in [0.1, 0.15) is 31.5 Å². The van der Waals surface area contributed by atoms with Crippen LogP contribution >= 0.6 is 0 Å². The van der Waals surface area contributed by atoms with E-state index in [4.69, 9.17) is 5.73 Å². The normalized spacial score (nSPS) is 22.7. The van der Waals surface area contributed by atoms with Crippen LogP contribution in [-0.4, -0.2) is 10.6 Å². The van der Waals surface area contributed by atoms with Crippen molar-refractivity contribution < 1.29 is 0 Å². The van der Waals surface area contributed by atoms with Gasteiger partial charge < -0.3 is 10.3 Å². The Morgan fingerprint density at radius 3 is 2.76 bits per heavy atom. The summed E-state index contributed by atoms with van der Waals surface area (Å²) in [5, 5.41) is 1.38. The molecule has 0 fully saturated rings. The summed E-state index contributed by atoms with van der Waals surface area (Å²) >= 11 is 0. The van der Waals surface area contributed by atoms with Crippen LogP contribution < -0.4 is 5.73 Å². The smallest absolute Gasteiger partial charge is 0.0482 e. The quantitative estimate of drug-likeness (QED) is 0.738. The maximum atomic E-state index is 6.32. The zero-order chi connectivity index (χ0) is 12.2. The minimum atomic E-state index is 0.0778. The number of aryl methyl sites for hydroxylation is 1. The molecule has 1 atom stereocenters. The van der Waals surface area contributed by atoms with Crippen LogP contribution in [-0.2, 0) is 18.9 Å². The van der Waals surface area contributed by atoms with Gasteiger partial charge in [-0.2, -0.15) is 0 Å². The molecule has 1 unspecified atom stereocenters. The summed E-state index contributed by atoms with van der Waals surface area (Å²) in [5.41, 5.74) is 10.7. The molecule has 2 heteroatoms. The maximum Gasteiger partial charge on any atom is 0.0482 e. The minimum absolute atomic E-state index is 0.0778. The Balaban J connectivity index is 2.41.